The molecule has 0 aliphatic heterocycles. The quantitative estimate of drug-likeness (QED) is 0.440. The molecule has 0 saturated heterocycles. The van der Waals surface area contributed by atoms with Gasteiger partial charge in [0.25, 0.3) is 0 Å². The minimum absolute atomic E-state index is 0.0633. The first-order valence-electron chi connectivity index (χ1n) is 8.03. The van der Waals surface area contributed by atoms with Crippen molar-refractivity contribution in [2.24, 2.45) is 0 Å². The third kappa shape index (κ3) is 4.02. The zero-order valence-electron chi connectivity index (χ0n) is 15.4. The number of benzene rings is 1. The second-order valence-corrected chi connectivity index (χ2v) is 6.94. The summed E-state index contributed by atoms with van der Waals surface area (Å²) in [5.74, 6) is 7.81. The zero-order valence-corrected chi connectivity index (χ0v) is 16.9. The molecule has 148 valence electrons. The van der Waals surface area contributed by atoms with Crippen molar-refractivity contribution in [3.63, 3.8) is 0 Å². The third-order valence-electron chi connectivity index (χ3n) is 3.84. The predicted molar refractivity (Wildman–Crippen MR) is 107 cm³/mol. The van der Waals surface area contributed by atoms with E-state index in [4.69, 9.17) is 31.3 Å². The highest BCUT2D eigenvalue weighted by Crippen LogP contribution is 2.36. The number of nitrogens with two attached hydrogens (primary N) is 1. The minimum atomic E-state index is -0.281. The van der Waals surface area contributed by atoms with E-state index in [9.17, 15) is 4.79 Å². The summed E-state index contributed by atoms with van der Waals surface area (Å²) < 4.78 is 17.0. The van der Waals surface area contributed by atoms with Crippen LogP contribution in [0.4, 0.5) is 5.69 Å². The van der Waals surface area contributed by atoms with Crippen molar-refractivity contribution in [1.29, 1.82) is 0 Å². The molecule has 1 amide bonds. The number of hydrogen-bond donors (Lipinski definition) is 2. The lowest BCUT2D eigenvalue weighted by Gasteiger charge is -2.13. The van der Waals surface area contributed by atoms with Crippen molar-refractivity contribution in [2.75, 3.05) is 31.1 Å². The maximum atomic E-state index is 12.4. The summed E-state index contributed by atoms with van der Waals surface area (Å²) in [5, 5.41) is 11.6. The van der Waals surface area contributed by atoms with Gasteiger partial charge in [-0.2, -0.15) is 0 Å². The van der Waals surface area contributed by atoms with Crippen LogP contribution >= 0.6 is 23.4 Å². The molecule has 0 aliphatic rings. The number of nitrogens with zero attached hydrogens (tertiary/aromatic N) is 3. The van der Waals surface area contributed by atoms with E-state index in [1.165, 1.54) is 18.9 Å². The van der Waals surface area contributed by atoms with E-state index in [0.717, 1.165) is 17.3 Å². The predicted octanol–water partition coefficient (Wildman–Crippen LogP) is 2.96. The lowest BCUT2D eigenvalue weighted by molar-refractivity contribution is -0.113. The van der Waals surface area contributed by atoms with E-state index in [0.29, 0.717) is 39.0 Å². The molecule has 0 saturated carbocycles. The zero-order chi connectivity index (χ0) is 20.3. The third-order valence-corrected chi connectivity index (χ3v) is 5.08. The number of carbonyl (C=O) groups is 1. The van der Waals surface area contributed by atoms with Gasteiger partial charge in [-0.15, -0.1) is 10.2 Å². The second-order valence-electron chi connectivity index (χ2n) is 5.59. The monoisotopic (exact) mass is 423 g/mol. The molecule has 0 spiro atoms. The molecule has 0 unspecified atom stereocenters. The summed E-state index contributed by atoms with van der Waals surface area (Å²) in [5.41, 5.74) is 1.18. The number of nitrogens with one attached hydrogen (secondary N) is 1. The molecule has 1 aromatic carbocycles. The van der Waals surface area contributed by atoms with E-state index in [1.54, 1.807) is 31.4 Å². The molecule has 0 bridgehead atoms. The number of furan rings is 1. The average molecular weight is 424 g/mol. The van der Waals surface area contributed by atoms with Gasteiger partial charge in [-0.1, -0.05) is 23.4 Å². The smallest absolute Gasteiger partial charge is 0.234 e. The van der Waals surface area contributed by atoms with Crippen LogP contribution in [-0.4, -0.2) is 40.8 Å². The lowest BCUT2D eigenvalue weighted by atomic mass is 10.2. The Morgan fingerprint density at radius 1 is 1.32 bits per heavy atom. The topological polar surface area (TPSA) is 117 Å². The summed E-state index contributed by atoms with van der Waals surface area (Å²) in [6.45, 7) is 1.80. The number of halogens is 1. The van der Waals surface area contributed by atoms with Crippen molar-refractivity contribution < 1.29 is 18.7 Å². The lowest BCUT2D eigenvalue weighted by Crippen LogP contribution is -2.17. The molecule has 0 radical (unpaired) electrons. The van der Waals surface area contributed by atoms with Crippen molar-refractivity contribution in [3.05, 3.63) is 35.2 Å². The summed E-state index contributed by atoms with van der Waals surface area (Å²) in [4.78, 5) is 12.4. The van der Waals surface area contributed by atoms with Crippen LogP contribution in [0.25, 0.3) is 11.4 Å². The first-order valence-corrected chi connectivity index (χ1v) is 9.40. The fourth-order valence-corrected chi connectivity index (χ4v) is 3.34. The highest BCUT2D eigenvalue weighted by atomic mass is 35.5. The molecule has 2 aromatic heterocycles. The van der Waals surface area contributed by atoms with E-state index < -0.39 is 0 Å². The SMILES string of the molecule is COc1cc(NC(=O)CSc2nnc(-c3ccoc3C)n2N)c(OC)cc1Cl. The first-order chi connectivity index (χ1) is 13.4. The molecule has 3 aromatic rings. The van der Waals surface area contributed by atoms with Crippen molar-refractivity contribution in [3.8, 4) is 22.9 Å². The molecule has 0 fully saturated rings. The van der Waals surface area contributed by atoms with Crippen LogP contribution in [0.15, 0.2) is 34.0 Å². The van der Waals surface area contributed by atoms with Gasteiger partial charge in [-0.05, 0) is 13.0 Å². The maximum Gasteiger partial charge on any atom is 0.234 e. The molecular formula is C17H18ClN5O4S. The normalized spacial score (nSPS) is 10.7. The van der Waals surface area contributed by atoms with Crippen LogP contribution in [0.2, 0.25) is 5.02 Å². The minimum Gasteiger partial charge on any atom is -0.495 e. The standard InChI is InChI=1S/C17H18ClN5O4S/c1-9-10(4-5-27-9)16-21-22-17(23(16)19)28-8-15(24)20-12-7-13(25-2)11(18)6-14(12)26-3/h4-7H,8,19H2,1-3H3,(H,20,24). The largest absolute Gasteiger partial charge is 0.495 e. The molecular weight excluding hydrogens is 406 g/mol. The highest BCUT2D eigenvalue weighted by Gasteiger charge is 2.18. The Hall–Kier alpha value is -2.85. The van der Waals surface area contributed by atoms with Crippen LogP contribution in [0.5, 0.6) is 11.5 Å². The summed E-state index contributed by atoms with van der Waals surface area (Å²) in [6, 6.07) is 4.91. The van der Waals surface area contributed by atoms with Gasteiger partial charge in [0, 0.05) is 12.1 Å². The molecule has 28 heavy (non-hydrogen) atoms. The summed E-state index contributed by atoms with van der Waals surface area (Å²) in [7, 11) is 2.97. The van der Waals surface area contributed by atoms with E-state index >= 15 is 0 Å². The number of ether oxygens (including phenoxy) is 2. The molecule has 3 N–H and O–H groups in total. The van der Waals surface area contributed by atoms with Gasteiger partial charge in [-0.3, -0.25) is 4.79 Å². The highest BCUT2D eigenvalue weighted by molar-refractivity contribution is 7.99. The number of methoxy groups -OCH3 is 2. The second kappa shape index (κ2) is 8.44. The fraction of sp³-hybridized carbons (Fsp3) is 0.235. The maximum absolute atomic E-state index is 12.4. The number of amides is 1. The van der Waals surface area contributed by atoms with Crippen molar-refractivity contribution in [2.45, 2.75) is 12.1 Å². The molecule has 0 atom stereocenters. The van der Waals surface area contributed by atoms with Crippen LogP contribution in [0.3, 0.4) is 0 Å². The van der Waals surface area contributed by atoms with Gasteiger partial charge in [0.05, 0.1) is 42.5 Å². The Morgan fingerprint density at radius 3 is 2.71 bits per heavy atom. The van der Waals surface area contributed by atoms with Gasteiger partial charge >= 0.3 is 0 Å². The van der Waals surface area contributed by atoms with Crippen molar-refractivity contribution >= 4 is 35.0 Å². The molecule has 2 heterocycles. The Bertz CT molecular complexity index is 1000. The number of carbonyl (C=O) groups excluding carboxylic acids is 1. The van der Waals surface area contributed by atoms with Crippen LogP contribution in [-0.2, 0) is 4.79 Å². The molecule has 3 rings (SSSR count). The molecule has 9 nitrogen and oxygen atoms in total. The summed E-state index contributed by atoms with van der Waals surface area (Å²) in [6.07, 6.45) is 1.55. The Kier molecular flexibility index (Phi) is 6.00. The van der Waals surface area contributed by atoms with Crippen LogP contribution < -0.4 is 20.6 Å². The van der Waals surface area contributed by atoms with E-state index in [2.05, 4.69) is 15.5 Å². The van der Waals surface area contributed by atoms with E-state index in [1.807, 2.05) is 0 Å². The van der Waals surface area contributed by atoms with Gasteiger partial charge < -0.3 is 25.1 Å². The number of aromatic nitrogens is 3. The molecule has 0 aliphatic carbocycles. The Morgan fingerprint density at radius 2 is 2.07 bits per heavy atom. The fourth-order valence-electron chi connectivity index (χ4n) is 2.45. The summed E-state index contributed by atoms with van der Waals surface area (Å²) >= 11 is 7.22. The first kappa shape index (κ1) is 19.9. The Labute approximate surface area is 170 Å². The average Bonchev–Trinajstić information content (AvgIpc) is 3.26. The van der Waals surface area contributed by atoms with Crippen LogP contribution in [0.1, 0.15) is 5.76 Å². The van der Waals surface area contributed by atoms with Gasteiger partial charge in [0.1, 0.15) is 17.3 Å². The number of aryl methyl sites for hydroxylation is 1. The van der Waals surface area contributed by atoms with Gasteiger partial charge in [0.2, 0.25) is 11.1 Å². The van der Waals surface area contributed by atoms with Crippen molar-refractivity contribution in [1.82, 2.24) is 14.9 Å². The number of nitrogen functional groups attached to an aromatic ring is 1. The number of hydrogen-bond acceptors (Lipinski definition) is 8. The number of rotatable bonds is 7. The molecule has 11 heteroatoms. The number of anilines is 1. The van der Waals surface area contributed by atoms with Crippen LogP contribution in [0, 0.1) is 6.92 Å². The Balaban J connectivity index is 1.69. The number of thioether (sulfide) groups is 1. The van der Waals surface area contributed by atoms with E-state index in [-0.39, 0.29) is 11.7 Å². The van der Waals surface area contributed by atoms with Gasteiger partial charge in [-0.25, -0.2) is 4.68 Å². The van der Waals surface area contributed by atoms with Gasteiger partial charge in [0.15, 0.2) is 5.82 Å².